The number of benzene rings is 2. The average molecular weight is 377 g/mol. The Labute approximate surface area is 156 Å². The van der Waals surface area contributed by atoms with Crippen LogP contribution in [0.4, 0.5) is 5.69 Å². The van der Waals surface area contributed by atoms with Gasteiger partial charge in [0.25, 0.3) is 0 Å². The van der Waals surface area contributed by atoms with Crippen molar-refractivity contribution in [3.05, 3.63) is 59.1 Å². The van der Waals surface area contributed by atoms with Gasteiger partial charge in [0.2, 0.25) is 5.91 Å². The second-order valence-corrected chi connectivity index (χ2v) is 5.69. The van der Waals surface area contributed by atoms with Gasteiger partial charge in [-0.2, -0.15) is 0 Å². The summed E-state index contributed by atoms with van der Waals surface area (Å²) in [7, 11) is 3.12. The fourth-order valence-corrected chi connectivity index (χ4v) is 2.39. The van der Waals surface area contributed by atoms with E-state index in [0.717, 1.165) is 5.56 Å². The zero-order valence-electron chi connectivity index (χ0n) is 13.7. The summed E-state index contributed by atoms with van der Waals surface area (Å²) in [6.07, 6.45) is 3.03. The summed E-state index contributed by atoms with van der Waals surface area (Å²) in [4.78, 5) is 12.0. The molecule has 0 aliphatic heterocycles. The topological polar surface area (TPSA) is 59.6 Å². The van der Waals surface area contributed by atoms with Gasteiger partial charge >= 0.3 is 0 Å². The Morgan fingerprint density at radius 1 is 1.12 bits per heavy atom. The van der Waals surface area contributed by atoms with Crippen molar-refractivity contribution in [3.8, 4) is 11.5 Å². The van der Waals surface area contributed by atoms with Crippen molar-refractivity contribution in [1.29, 1.82) is 0 Å². The summed E-state index contributed by atoms with van der Waals surface area (Å²) in [6.45, 7) is 0. The fraction of sp³-hybridized carbons (Fsp3) is 0.111. The van der Waals surface area contributed by atoms with Crippen molar-refractivity contribution in [1.82, 2.24) is 5.32 Å². The van der Waals surface area contributed by atoms with Crippen molar-refractivity contribution in [2.75, 3.05) is 19.5 Å². The molecule has 0 aliphatic carbocycles. The molecule has 0 spiro atoms. The minimum atomic E-state index is -0.362. The maximum absolute atomic E-state index is 12.0. The number of thiocarbonyl (C=S) groups is 1. The number of ether oxygens (including phenoxy) is 2. The van der Waals surface area contributed by atoms with E-state index in [0.29, 0.717) is 22.2 Å². The summed E-state index contributed by atoms with van der Waals surface area (Å²) in [5.41, 5.74) is 1.41. The molecule has 5 nitrogen and oxygen atoms in total. The highest BCUT2D eigenvalue weighted by Gasteiger charge is 2.05. The summed E-state index contributed by atoms with van der Waals surface area (Å²) in [6, 6.07) is 12.5. The second-order valence-electron chi connectivity index (χ2n) is 4.87. The predicted molar refractivity (Wildman–Crippen MR) is 104 cm³/mol. The van der Waals surface area contributed by atoms with Crippen molar-refractivity contribution < 1.29 is 14.3 Å². The zero-order valence-corrected chi connectivity index (χ0v) is 15.3. The quantitative estimate of drug-likeness (QED) is 0.612. The van der Waals surface area contributed by atoms with Gasteiger partial charge < -0.3 is 14.8 Å². The molecule has 0 saturated carbocycles. The number of nitrogens with one attached hydrogen (secondary N) is 2. The van der Waals surface area contributed by atoms with E-state index >= 15 is 0 Å². The molecule has 0 aromatic heterocycles. The molecule has 25 heavy (non-hydrogen) atoms. The lowest BCUT2D eigenvalue weighted by Crippen LogP contribution is -2.32. The Morgan fingerprint density at radius 3 is 2.52 bits per heavy atom. The van der Waals surface area contributed by atoms with Crippen LogP contribution in [0.25, 0.3) is 6.08 Å². The maximum Gasteiger partial charge on any atom is 0.250 e. The van der Waals surface area contributed by atoms with Crippen LogP contribution in [0.1, 0.15) is 5.56 Å². The Bertz CT molecular complexity index is 809. The van der Waals surface area contributed by atoms with Gasteiger partial charge in [-0.25, -0.2) is 0 Å². The third-order valence-corrected chi connectivity index (χ3v) is 3.73. The standard InChI is InChI=1S/C18H17ClN2O3S/c1-23-15-9-7-12(11-16(15)24-2)8-10-17(22)21-18(25)20-14-6-4-3-5-13(14)19/h3-11H,1-2H3,(H2,20,21,22,25)/b10-8+. The van der Waals surface area contributed by atoms with Gasteiger partial charge in [0.15, 0.2) is 16.6 Å². The maximum atomic E-state index is 12.0. The lowest BCUT2D eigenvalue weighted by molar-refractivity contribution is -0.115. The lowest BCUT2D eigenvalue weighted by atomic mass is 10.2. The number of amides is 1. The third kappa shape index (κ3) is 5.48. The van der Waals surface area contributed by atoms with Gasteiger partial charge in [0, 0.05) is 6.08 Å². The molecular formula is C18H17ClN2O3S. The molecule has 130 valence electrons. The third-order valence-electron chi connectivity index (χ3n) is 3.19. The number of methoxy groups -OCH3 is 2. The summed E-state index contributed by atoms with van der Waals surface area (Å²) in [5, 5.41) is 6.10. The molecule has 0 unspecified atom stereocenters. The van der Waals surface area contributed by atoms with Crippen LogP contribution in [0.15, 0.2) is 48.5 Å². The van der Waals surface area contributed by atoms with Crippen LogP contribution < -0.4 is 20.1 Å². The predicted octanol–water partition coefficient (Wildman–Crippen LogP) is 3.88. The van der Waals surface area contributed by atoms with Gasteiger partial charge in [0.05, 0.1) is 24.9 Å². The molecule has 2 rings (SSSR count). The Kier molecular flexibility index (Phi) is 6.80. The number of carbonyl (C=O) groups excluding carboxylic acids is 1. The van der Waals surface area contributed by atoms with Crippen molar-refractivity contribution in [2.24, 2.45) is 0 Å². The number of rotatable bonds is 5. The van der Waals surface area contributed by atoms with Crippen LogP contribution >= 0.6 is 23.8 Å². The minimum absolute atomic E-state index is 0.162. The lowest BCUT2D eigenvalue weighted by Gasteiger charge is -2.09. The molecule has 0 saturated heterocycles. The first-order valence-electron chi connectivity index (χ1n) is 7.30. The molecule has 0 bridgehead atoms. The smallest absolute Gasteiger partial charge is 0.250 e. The van der Waals surface area contributed by atoms with Crippen LogP contribution in [-0.4, -0.2) is 25.2 Å². The summed E-state index contributed by atoms with van der Waals surface area (Å²) >= 11 is 11.1. The van der Waals surface area contributed by atoms with Crippen molar-refractivity contribution >= 4 is 46.6 Å². The molecule has 2 aromatic rings. The molecule has 0 radical (unpaired) electrons. The number of para-hydroxylation sites is 1. The van der Waals surface area contributed by atoms with Gasteiger partial charge in [-0.05, 0) is 48.1 Å². The molecule has 2 N–H and O–H groups in total. The molecule has 0 atom stereocenters. The first kappa shape index (κ1) is 18.8. The number of hydrogen-bond acceptors (Lipinski definition) is 4. The van der Waals surface area contributed by atoms with E-state index in [1.54, 1.807) is 50.6 Å². The van der Waals surface area contributed by atoms with Crippen LogP contribution in [0, 0.1) is 0 Å². The van der Waals surface area contributed by atoms with E-state index in [-0.39, 0.29) is 11.0 Å². The highest BCUT2D eigenvalue weighted by molar-refractivity contribution is 7.80. The zero-order chi connectivity index (χ0) is 18.2. The Morgan fingerprint density at radius 2 is 1.84 bits per heavy atom. The van der Waals surface area contributed by atoms with Crippen molar-refractivity contribution in [2.45, 2.75) is 0 Å². The first-order chi connectivity index (χ1) is 12.0. The van der Waals surface area contributed by atoms with E-state index in [2.05, 4.69) is 10.6 Å². The number of halogens is 1. The highest BCUT2D eigenvalue weighted by atomic mass is 35.5. The van der Waals surface area contributed by atoms with Crippen LogP contribution in [0.3, 0.4) is 0 Å². The largest absolute Gasteiger partial charge is 0.493 e. The molecule has 2 aromatic carbocycles. The number of carbonyl (C=O) groups is 1. The number of anilines is 1. The van der Waals surface area contributed by atoms with Crippen LogP contribution in [0.5, 0.6) is 11.5 Å². The van der Waals surface area contributed by atoms with Crippen LogP contribution in [0.2, 0.25) is 5.02 Å². The molecule has 0 heterocycles. The van der Waals surface area contributed by atoms with E-state index in [4.69, 9.17) is 33.3 Å². The highest BCUT2D eigenvalue weighted by Crippen LogP contribution is 2.27. The van der Waals surface area contributed by atoms with E-state index in [1.807, 2.05) is 12.1 Å². The van der Waals surface area contributed by atoms with Gasteiger partial charge in [-0.1, -0.05) is 29.8 Å². The molecule has 0 aliphatic rings. The van der Waals surface area contributed by atoms with Crippen LogP contribution in [-0.2, 0) is 4.79 Å². The molecule has 7 heteroatoms. The summed E-state index contributed by atoms with van der Waals surface area (Å²) < 4.78 is 10.4. The molecular weight excluding hydrogens is 360 g/mol. The average Bonchev–Trinajstić information content (AvgIpc) is 2.61. The van der Waals surface area contributed by atoms with E-state index in [1.165, 1.54) is 6.08 Å². The molecule has 1 amide bonds. The van der Waals surface area contributed by atoms with Gasteiger partial charge in [-0.15, -0.1) is 0 Å². The SMILES string of the molecule is COc1ccc(/C=C/C(=O)NC(=S)Nc2ccccc2Cl)cc1OC. The Hall–Kier alpha value is -2.57. The monoisotopic (exact) mass is 376 g/mol. The van der Waals surface area contributed by atoms with E-state index in [9.17, 15) is 4.79 Å². The van der Waals surface area contributed by atoms with E-state index < -0.39 is 0 Å². The normalized spacial score (nSPS) is 10.4. The first-order valence-corrected chi connectivity index (χ1v) is 8.08. The number of hydrogen-bond donors (Lipinski definition) is 2. The minimum Gasteiger partial charge on any atom is -0.493 e. The second kappa shape index (κ2) is 9.05. The van der Waals surface area contributed by atoms with Gasteiger partial charge in [0.1, 0.15) is 0 Å². The van der Waals surface area contributed by atoms with Crippen molar-refractivity contribution in [3.63, 3.8) is 0 Å². The van der Waals surface area contributed by atoms with Gasteiger partial charge in [-0.3, -0.25) is 10.1 Å². The molecule has 0 fully saturated rings. The summed E-state index contributed by atoms with van der Waals surface area (Å²) in [5.74, 6) is 0.842. The fourth-order valence-electron chi connectivity index (χ4n) is 2.00. The Balaban J connectivity index is 1.96.